The Hall–Kier alpha value is -11.9. The fourth-order valence-electron chi connectivity index (χ4n) is 11.8. The molecule has 5 N–H and O–H groups in total. The number of aliphatic hydroxyl groups excluding tert-OH is 4. The second-order valence-corrected chi connectivity index (χ2v) is 26.4. The lowest BCUT2D eigenvalue weighted by atomic mass is 9.83. The number of ether oxygens (including phenoxy) is 12. The van der Waals surface area contributed by atoms with E-state index >= 15 is 8.78 Å². The van der Waals surface area contributed by atoms with Crippen LogP contribution in [0.15, 0.2) is 61.4 Å². The molecule has 0 aromatic carbocycles. The van der Waals surface area contributed by atoms with Gasteiger partial charge in [0.15, 0.2) is 55.1 Å². The zero-order valence-electron chi connectivity index (χ0n) is 60.5. The normalized spacial score (nSPS) is 32.9. The van der Waals surface area contributed by atoms with Crippen LogP contribution >= 0.6 is 34.8 Å². The van der Waals surface area contributed by atoms with Gasteiger partial charge in [-0.05, 0) is 85.6 Å². The van der Waals surface area contributed by atoms with E-state index in [4.69, 9.17) is 159 Å². The molecule has 0 unspecified atom stereocenters. The number of nitrogens with zero attached hydrogens (tertiary/aromatic N) is 36. The van der Waals surface area contributed by atoms with E-state index in [1.165, 1.54) is 0 Å². The molecule has 3 heterocycles. The summed E-state index contributed by atoms with van der Waals surface area (Å²) in [4.78, 5) is 98.5. The Morgan fingerprint density at radius 3 is 1.03 bits per heavy atom. The molecule has 118 heavy (non-hydrogen) atoms. The fraction of sp³-hybridized carbons (Fsp3) is 0.860. The minimum Gasteiger partial charge on any atom is -0.458 e. The summed E-state index contributed by atoms with van der Waals surface area (Å²) < 4.78 is 149. The summed E-state index contributed by atoms with van der Waals surface area (Å²) in [6.45, 7) is 3.67. The second-order valence-electron chi connectivity index (χ2n) is 24.1. The van der Waals surface area contributed by atoms with Crippen molar-refractivity contribution in [2.24, 2.45) is 61.4 Å². The third-order valence-corrected chi connectivity index (χ3v) is 16.9. The second kappa shape index (κ2) is 46.7. The van der Waals surface area contributed by atoms with Crippen molar-refractivity contribution in [3.8, 4) is 0 Å². The van der Waals surface area contributed by atoms with E-state index in [2.05, 4.69) is 125 Å². The van der Waals surface area contributed by atoms with E-state index in [0.717, 1.165) is 41.5 Å². The van der Waals surface area contributed by atoms with E-state index in [9.17, 15) is 66.8 Å². The molecule has 59 nitrogen and oxygen atoms in total. The van der Waals surface area contributed by atoms with Crippen molar-refractivity contribution in [3.05, 3.63) is 125 Å². The minimum absolute atomic E-state index is 0.0367. The Morgan fingerprint density at radius 2 is 0.661 bits per heavy atom. The van der Waals surface area contributed by atoms with Crippen LogP contribution in [0.1, 0.15) is 60.8 Å². The number of halogens is 9. The first kappa shape index (κ1) is 100. The van der Waals surface area contributed by atoms with E-state index in [-0.39, 0.29) is 19.3 Å². The molecule has 68 heteroatoms. The van der Waals surface area contributed by atoms with Gasteiger partial charge in [-0.15, -0.1) is 0 Å². The maximum absolute atomic E-state index is 15.6. The maximum Gasteiger partial charge on any atom is 0.303 e. The van der Waals surface area contributed by atoms with Crippen LogP contribution in [-0.2, 0) is 85.6 Å². The van der Waals surface area contributed by atoms with Gasteiger partial charge < -0.3 is 77.3 Å². The minimum atomic E-state index is -4.18. The largest absolute Gasteiger partial charge is 0.458 e. The first-order valence-electron chi connectivity index (χ1n) is 32.4. The van der Waals surface area contributed by atoms with Crippen molar-refractivity contribution in [3.63, 3.8) is 0 Å². The lowest BCUT2D eigenvalue weighted by molar-refractivity contribution is -0.323. The van der Waals surface area contributed by atoms with Gasteiger partial charge in [0.05, 0.1) is 74.2 Å². The van der Waals surface area contributed by atoms with Gasteiger partial charge in [-0.1, -0.05) is 96.2 Å². The zero-order chi connectivity index (χ0) is 89.3. The smallest absolute Gasteiger partial charge is 0.303 e. The van der Waals surface area contributed by atoms with Crippen LogP contribution in [0.3, 0.4) is 0 Å². The topological polar surface area (TPSA) is 903 Å². The molecule has 27 atom stereocenters. The number of hydrogen-bond donors (Lipinski definition) is 5. The van der Waals surface area contributed by atoms with Gasteiger partial charge in [0.2, 0.25) is 12.2 Å². The summed E-state index contributed by atoms with van der Waals surface area (Å²) >= 11 is 16.2. The van der Waals surface area contributed by atoms with Crippen molar-refractivity contribution in [1.82, 2.24) is 0 Å². The number of carbonyl (C=O) groups is 6. The lowest BCUT2D eigenvalue weighted by Gasteiger charge is -2.48. The van der Waals surface area contributed by atoms with Crippen molar-refractivity contribution >= 4 is 76.5 Å². The number of hydrogen-bond acceptors (Lipinski definition) is 35. The van der Waals surface area contributed by atoms with E-state index in [1.807, 2.05) is 0 Å². The number of rotatable bonds is 26. The monoisotopic (exact) mass is 1750 g/mol. The van der Waals surface area contributed by atoms with Gasteiger partial charge in [0.25, 0.3) is 15.6 Å². The van der Waals surface area contributed by atoms with Crippen LogP contribution < -0.4 is 0 Å². The van der Waals surface area contributed by atoms with Gasteiger partial charge in [-0.3, -0.25) is 34.2 Å². The molecule has 0 spiro atoms. The highest BCUT2D eigenvalue weighted by atomic mass is 35.6. The molecule has 6 fully saturated rings. The van der Waals surface area contributed by atoms with Crippen LogP contribution in [0.5, 0.6) is 0 Å². The Labute approximate surface area is 665 Å². The maximum atomic E-state index is 15.6. The predicted octanol–water partition coefficient (Wildman–Crippen LogP) is 9.45. The Kier molecular flexibility index (Phi) is 39.7. The molecule has 6 rings (SSSR count). The molecule has 0 amide bonds. The Morgan fingerprint density at radius 1 is 0.373 bits per heavy atom. The Balaban J connectivity index is 0.000000418. The van der Waals surface area contributed by atoms with Crippen LogP contribution in [-0.4, -0.2) is 268 Å². The van der Waals surface area contributed by atoms with Gasteiger partial charge in [0, 0.05) is 100 Å². The standard InChI is InChI=1S/C18H22F2N12O8.C12H16F2N12O5.C10H10Cl3F2N7O4.C10H14N6O5/c1-6(33)36-12-9(26-30-22)4-10(27-31-23)13(14(12)37-7(2)34)40-17-15(28-32-24)18(19,20)16(38-8(3)35)11(39-17)5-25-29-21;13-12(14)9(22-26-18)11(30-5(10(12)29)2-19-23-15)31-8-4(21-25-17)1-3(20-24-16)6(27)7(8)28;1-3(23)24-6-4(2-19-21-17)25-7(26-8(16)10(11,12)13)5(20-22-18)9(6,14)15;1-4(17)20-9-7(14-16-12)3-6(13-15-11)8(19)10(9)21-5(2)18/h9-17H,4-5H2,1-3H3;3-11,27-29H,1-2H2;4-7,16H,2H2,1H3;6-10,19H,3H2,1-2H3/t9-,10+,11-,12+,13-,14-,15+,16-,17-;3-,4+,5-,6+,7-,8-,9+,10-,11-;4-,5+,6-,7-;6-,7+,8+,9-,10-/m1110/s1. The molecular weight excluding hydrogens is 1690 g/mol. The fourth-order valence-corrected chi connectivity index (χ4v) is 11.9. The summed E-state index contributed by atoms with van der Waals surface area (Å²) in [5.74, 6) is -18.9. The predicted molar refractivity (Wildman–Crippen MR) is 369 cm³/mol. The van der Waals surface area contributed by atoms with Gasteiger partial charge in [-0.25, -0.2) is 26.3 Å². The van der Waals surface area contributed by atoms with Gasteiger partial charge in [-0.2, -0.15) is 0 Å². The van der Waals surface area contributed by atoms with Crippen LogP contribution in [0.2, 0.25) is 0 Å². The van der Waals surface area contributed by atoms with E-state index in [0.29, 0.717) is 0 Å². The van der Waals surface area contributed by atoms with Crippen molar-refractivity contribution in [2.75, 3.05) is 19.6 Å². The molecule has 642 valence electrons. The number of carbonyl (C=O) groups excluding carboxylic acids is 6. The van der Waals surface area contributed by atoms with Crippen LogP contribution in [0, 0.1) is 5.41 Å². The third-order valence-electron chi connectivity index (χ3n) is 16.4. The summed E-state index contributed by atoms with van der Waals surface area (Å²) in [6, 6.07) is -14.4. The Bertz CT molecular complexity index is 4240. The van der Waals surface area contributed by atoms with Crippen LogP contribution in [0.25, 0.3) is 125 Å². The molecule has 3 saturated heterocycles. The molecule has 0 aromatic rings. The highest BCUT2D eigenvalue weighted by molar-refractivity contribution is 6.76. The number of nitrogens with one attached hydrogen (secondary N) is 1. The highest BCUT2D eigenvalue weighted by Gasteiger charge is 2.65. The average molecular weight is 1750 g/mol. The molecule has 3 aliphatic carbocycles. The average Bonchev–Trinajstić information content (AvgIpc) is 0.749. The number of esters is 6. The summed E-state index contributed by atoms with van der Waals surface area (Å²) in [7, 11) is 0. The quantitative estimate of drug-likeness (QED) is 0.00619. The zero-order valence-corrected chi connectivity index (χ0v) is 62.7. The molecular formula is C50H62Cl3F6N37O22. The van der Waals surface area contributed by atoms with E-state index in [1.54, 1.807) is 0 Å². The van der Waals surface area contributed by atoms with Crippen molar-refractivity contribution < 1.29 is 132 Å². The number of azide groups is 12. The number of alkyl halides is 9. The van der Waals surface area contributed by atoms with Crippen molar-refractivity contribution in [1.29, 1.82) is 5.41 Å². The van der Waals surface area contributed by atoms with Crippen LogP contribution in [0.4, 0.5) is 26.3 Å². The molecule has 6 aliphatic rings. The summed E-state index contributed by atoms with van der Waals surface area (Å²) in [5, 5.41) is 86.6. The highest BCUT2D eigenvalue weighted by Crippen LogP contribution is 2.45. The first-order valence-corrected chi connectivity index (χ1v) is 33.5. The molecule has 3 aliphatic heterocycles. The SMILES string of the molecule is CC(=O)O[C@@H]1[C@@H](CN=[N+]=[N-])O[C@H](OC(=N)C(Cl)(Cl)Cl)[C@H](N=[N+]=[N-])C1(F)F.CC(=O)O[C@@H]1[C@@H](OC(C)=O)[C@H](N=[N+]=[N-])C[C@H](N=[N+]=[N-])[C@H]1O[C@H]1O[C@H](CN=[N+]=[N-])[C@@H](OC(C)=O)C(F)(F)[C@H]1N=[N+]=[N-].CC(=O)O[C@@H]1[C@@H](OC(C)=O)[C@H](O)[C@@H](N=[N+]=[N-])C[C@H]1N=[N+]=[N-].[N-]=[N+]=NC[C@H]1O[C@H](O[C@H]2[C@H](O)[C@@H](O)[C@H](N=[N+]=[N-])C[C@@H]2N=[N+]=[N-])[C@H](N=[N+]=[N-])C(F)(F)[C@@H]1O. The van der Waals surface area contributed by atoms with Gasteiger partial charge in [0.1, 0.15) is 48.8 Å². The number of aliphatic hydroxyl groups is 4. The molecule has 0 aromatic heterocycles. The molecule has 0 bridgehead atoms. The lowest BCUT2D eigenvalue weighted by Crippen LogP contribution is -2.66. The van der Waals surface area contributed by atoms with E-state index < -0.39 is 248 Å². The summed E-state index contributed by atoms with van der Waals surface area (Å²) in [5.41, 5.74) is 104. The van der Waals surface area contributed by atoms with Crippen molar-refractivity contribution in [2.45, 2.75) is 247 Å². The summed E-state index contributed by atoms with van der Waals surface area (Å²) in [6.07, 6.45) is -33.6. The molecule has 3 saturated carbocycles. The molecule has 0 radical (unpaired) electrons. The first-order chi connectivity index (χ1) is 55.5. The van der Waals surface area contributed by atoms with Gasteiger partial charge >= 0.3 is 41.7 Å². The third kappa shape index (κ3) is 27.4.